The number of amides is 2. The molecule has 1 aliphatic heterocycles. The van der Waals surface area contributed by atoms with Crippen LogP contribution in [0.15, 0.2) is 46.2 Å². The van der Waals surface area contributed by atoms with Gasteiger partial charge < -0.3 is 19.8 Å². The van der Waals surface area contributed by atoms with Gasteiger partial charge in [0.05, 0.1) is 22.8 Å². The molecule has 1 aliphatic rings. The molecule has 0 spiro atoms. The minimum absolute atomic E-state index is 0.234. The summed E-state index contributed by atoms with van der Waals surface area (Å²) in [6.45, 7) is 2.96. The highest BCUT2D eigenvalue weighted by atomic mass is 35.5. The van der Waals surface area contributed by atoms with Crippen LogP contribution in [0.3, 0.4) is 0 Å². The monoisotopic (exact) mass is 409 g/mol. The lowest BCUT2D eigenvalue weighted by Crippen LogP contribution is -2.48. The number of carbonyl (C=O) groups is 2. The van der Waals surface area contributed by atoms with Crippen molar-refractivity contribution < 1.29 is 18.7 Å². The molecule has 27 heavy (non-hydrogen) atoms. The summed E-state index contributed by atoms with van der Waals surface area (Å²) in [6, 6.07) is 6.12. The lowest BCUT2D eigenvalue weighted by atomic mass is 10.00. The summed E-state index contributed by atoms with van der Waals surface area (Å²) in [5.74, 6) is -0.0212. The van der Waals surface area contributed by atoms with E-state index in [-0.39, 0.29) is 6.61 Å². The van der Waals surface area contributed by atoms with E-state index in [1.54, 1.807) is 19.1 Å². The van der Waals surface area contributed by atoms with Crippen molar-refractivity contribution in [2.45, 2.75) is 19.5 Å². The smallest absolute Gasteiger partial charge is 0.338 e. The zero-order valence-corrected chi connectivity index (χ0v) is 16.5. The van der Waals surface area contributed by atoms with E-state index < -0.39 is 18.0 Å². The standard InChI is InChI=1S/C18H20ClN3O4S/c1-3-25-17(23)15-12(10-22(2)9-11-6-7-14(19)27-11)20-18(24)21-16(15)13-5-4-8-26-13/h4-8,16H,3,9-10H2,1-2H3,(H2,20,21,24). The highest BCUT2D eigenvalue weighted by Gasteiger charge is 2.35. The van der Waals surface area contributed by atoms with Crippen molar-refractivity contribution in [2.75, 3.05) is 20.2 Å². The Morgan fingerprint density at radius 3 is 2.81 bits per heavy atom. The van der Waals surface area contributed by atoms with E-state index in [1.807, 2.05) is 24.1 Å². The summed E-state index contributed by atoms with van der Waals surface area (Å²) >= 11 is 7.48. The first-order valence-corrected chi connectivity index (χ1v) is 9.61. The van der Waals surface area contributed by atoms with Gasteiger partial charge in [-0.2, -0.15) is 0 Å². The Morgan fingerprint density at radius 1 is 1.37 bits per heavy atom. The number of urea groups is 1. The van der Waals surface area contributed by atoms with Crippen molar-refractivity contribution in [3.05, 3.63) is 56.8 Å². The third-order valence-corrected chi connectivity index (χ3v) is 5.18. The van der Waals surface area contributed by atoms with Gasteiger partial charge in [-0.05, 0) is 38.2 Å². The Morgan fingerprint density at radius 2 is 2.19 bits per heavy atom. The predicted octanol–water partition coefficient (Wildman–Crippen LogP) is 3.30. The SMILES string of the molecule is CCOC(=O)C1=C(CN(C)Cc2ccc(Cl)s2)NC(=O)NC1c1ccco1. The molecule has 7 nitrogen and oxygen atoms in total. The fourth-order valence-corrected chi connectivity index (χ4v) is 4.06. The average molecular weight is 410 g/mol. The first-order valence-electron chi connectivity index (χ1n) is 8.41. The number of rotatable bonds is 7. The number of carbonyl (C=O) groups excluding carboxylic acids is 2. The molecule has 3 rings (SSSR count). The van der Waals surface area contributed by atoms with Crippen LogP contribution in [0.1, 0.15) is 23.6 Å². The van der Waals surface area contributed by atoms with Gasteiger partial charge >= 0.3 is 12.0 Å². The van der Waals surface area contributed by atoms with Crippen LogP contribution in [0.4, 0.5) is 4.79 Å². The van der Waals surface area contributed by atoms with Gasteiger partial charge in [0.15, 0.2) is 0 Å². The quantitative estimate of drug-likeness (QED) is 0.685. The van der Waals surface area contributed by atoms with Gasteiger partial charge in [0.25, 0.3) is 0 Å². The van der Waals surface area contributed by atoms with E-state index >= 15 is 0 Å². The van der Waals surface area contributed by atoms with Gasteiger partial charge in [-0.15, -0.1) is 11.3 Å². The topological polar surface area (TPSA) is 83.8 Å². The number of nitrogens with zero attached hydrogens (tertiary/aromatic N) is 1. The van der Waals surface area contributed by atoms with Crippen LogP contribution in [0.2, 0.25) is 4.34 Å². The predicted molar refractivity (Wildman–Crippen MR) is 102 cm³/mol. The maximum atomic E-state index is 12.6. The summed E-state index contributed by atoms with van der Waals surface area (Å²) in [5.41, 5.74) is 0.825. The summed E-state index contributed by atoms with van der Waals surface area (Å²) in [4.78, 5) is 27.9. The molecule has 1 unspecified atom stereocenters. The first kappa shape index (κ1) is 19.5. The summed E-state index contributed by atoms with van der Waals surface area (Å²) in [7, 11) is 1.90. The van der Waals surface area contributed by atoms with Crippen molar-refractivity contribution in [3.63, 3.8) is 0 Å². The molecule has 0 aromatic carbocycles. The molecule has 2 aromatic heterocycles. The second-order valence-electron chi connectivity index (χ2n) is 6.04. The maximum Gasteiger partial charge on any atom is 0.338 e. The molecule has 1 atom stereocenters. The number of hydrogen-bond acceptors (Lipinski definition) is 6. The molecular weight excluding hydrogens is 390 g/mol. The Hall–Kier alpha value is -2.29. The highest BCUT2D eigenvalue weighted by molar-refractivity contribution is 7.16. The number of esters is 1. The van der Waals surface area contributed by atoms with Crippen molar-refractivity contribution >= 4 is 34.9 Å². The Bertz CT molecular complexity index is 847. The lowest BCUT2D eigenvalue weighted by molar-refractivity contribution is -0.139. The molecule has 2 N–H and O–H groups in total. The number of thiophene rings is 1. The van der Waals surface area contributed by atoms with Gasteiger partial charge in [0, 0.05) is 23.7 Å². The van der Waals surface area contributed by atoms with Crippen molar-refractivity contribution in [1.29, 1.82) is 0 Å². The van der Waals surface area contributed by atoms with Gasteiger partial charge in [-0.25, -0.2) is 9.59 Å². The summed E-state index contributed by atoms with van der Waals surface area (Å²) in [5, 5.41) is 5.47. The van der Waals surface area contributed by atoms with E-state index in [9.17, 15) is 9.59 Å². The third-order valence-electron chi connectivity index (χ3n) is 3.96. The van der Waals surface area contributed by atoms with Crippen molar-refractivity contribution in [1.82, 2.24) is 15.5 Å². The molecule has 0 bridgehead atoms. The number of nitrogens with one attached hydrogen (secondary N) is 2. The van der Waals surface area contributed by atoms with Crippen LogP contribution < -0.4 is 10.6 Å². The number of furan rings is 1. The van der Waals surface area contributed by atoms with Crippen LogP contribution in [0.25, 0.3) is 0 Å². The second kappa shape index (κ2) is 8.60. The molecule has 0 radical (unpaired) electrons. The Labute approximate surface area is 165 Å². The molecule has 3 heterocycles. The van der Waals surface area contributed by atoms with Crippen molar-refractivity contribution in [2.24, 2.45) is 0 Å². The minimum Gasteiger partial charge on any atom is -0.467 e. The van der Waals surface area contributed by atoms with E-state index in [0.717, 1.165) is 9.21 Å². The fraction of sp³-hybridized carbons (Fsp3) is 0.333. The molecule has 2 aromatic rings. The minimum atomic E-state index is -0.701. The number of hydrogen-bond donors (Lipinski definition) is 2. The molecule has 0 saturated carbocycles. The van der Waals surface area contributed by atoms with Crippen LogP contribution in [0, 0.1) is 0 Å². The molecular formula is C18H20ClN3O4S. The average Bonchev–Trinajstić information content (AvgIpc) is 3.26. The van der Waals surface area contributed by atoms with Crippen LogP contribution in [-0.4, -0.2) is 37.1 Å². The van der Waals surface area contributed by atoms with E-state index in [1.165, 1.54) is 17.6 Å². The van der Waals surface area contributed by atoms with Crippen LogP contribution >= 0.6 is 22.9 Å². The van der Waals surface area contributed by atoms with Crippen molar-refractivity contribution in [3.8, 4) is 0 Å². The maximum absolute atomic E-state index is 12.6. The first-order chi connectivity index (χ1) is 13.0. The largest absolute Gasteiger partial charge is 0.467 e. The fourth-order valence-electron chi connectivity index (χ4n) is 2.89. The van der Waals surface area contributed by atoms with Gasteiger partial charge in [-0.1, -0.05) is 11.6 Å². The van der Waals surface area contributed by atoms with Gasteiger partial charge in [0.2, 0.25) is 0 Å². The highest BCUT2D eigenvalue weighted by Crippen LogP contribution is 2.29. The summed E-state index contributed by atoms with van der Waals surface area (Å²) < 4.78 is 11.4. The number of halogens is 1. The van der Waals surface area contributed by atoms with E-state index in [2.05, 4.69) is 10.6 Å². The zero-order valence-electron chi connectivity index (χ0n) is 15.0. The van der Waals surface area contributed by atoms with Crippen LogP contribution in [0.5, 0.6) is 0 Å². The lowest BCUT2D eigenvalue weighted by Gasteiger charge is -2.29. The summed E-state index contributed by atoms with van der Waals surface area (Å²) in [6.07, 6.45) is 1.50. The molecule has 0 aliphatic carbocycles. The number of likely N-dealkylation sites (N-methyl/N-ethyl adjacent to an activating group) is 1. The number of ether oxygens (including phenoxy) is 1. The Kier molecular flexibility index (Phi) is 6.20. The molecule has 2 amide bonds. The zero-order chi connectivity index (χ0) is 19.4. The third kappa shape index (κ3) is 4.71. The normalized spacial score (nSPS) is 17.0. The van der Waals surface area contributed by atoms with Gasteiger partial charge in [-0.3, -0.25) is 4.90 Å². The molecule has 0 saturated heterocycles. The molecule has 0 fully saturated rings. The Balaban J connectivity index is 1.89. The molecule has 144 valence electrons. The van der Waals surface area contributed by atoms with Gasteiger partial charge in [0.1, 0.15) is 11.8 Å². The molecule has 9 heteroatoms. The van der Waals surface area contributed by atoms with E-state index in [4.69, 9.17) is 20.8 Å². The van der Waals surface area contributed by atoms with Crippen LogP contribution in [-0.2, 0) is 16.1 Å². The second-order valence-corrected chi connectivity index (χ2v) is 7.84. The van der Waals surface area contributed by atoms with E-state index in [0.29, 0.717) is 30.1 Å².